The van der Waals surface area contributed by atoms with Gasteiger partial charge < -0.3 is 24.2 Å². The van der Waals surface area contributed by atoms with Crippen LogP contribution >= 0.6 is 0 Å². The molecule has 0 spiro atoms. The SMILES string of the molecule is COc1cccc(CN2C(=O)C(O)=CC2(C(=O)c2ccc3c(c2)CCCC3)c2ccc(OC)c(OC)c2)c1. The molecule has 5 rings (SSSR count). The molecule has 2 aliphatic rings. The Morgan fingerprint density at radius 3 is 2.39 bits per heavy atom. The van der Waals surface area contributed by atoms with Gasteiger partial charge in [-0.1, -0.05) is 30.3 Å². The molecule has 1 amide bonds. The largest absolute Gasteiger partial charge is 0.503 e. The third-order valence-electron chi connectivity index (χ3n) is 7.49. The summed E-state index contributed by atoms with van der Waals surface area (Å²) in [5.74, 6) is 0.117. The third kappa shape index (κ3) is 4.28. The van der Waals surface area contributed by atoms with E-state index < -0.39 is 17.2 Å². The molecule has 196 valence electrons. The molecule has 1 aliphatic carbocycles. The lowest BCUT2D eigenvalue weighted by atomic mass is 9.80. The van der Waals surface area contributed by atoms with Gasteiger partial charge in [-0.25, -0.2) is 0 Å². The fourth-order valence-electron chi connectivity index (χ4n) is 5.51. The monoisotopic (exact) mass is 513 g/mol. The zero-order chi connectivity index (χ0) is 26.9. The van der Waals surface area contributed by atoms with Crippen LogP contribution in [0.15, 0.2) is 72.5 Å². The highest BCUT2D eigenvalue weighted by Crippen LogP contribution is 2.44. The van der Waals surface area contributed by atoms with Crippen LogP contribution in [0.2, 0.25) is 0 Å². The van der Waals surface area contributed by atoms with Gasteiger partial charge in [0.1, 0.15) is 5.75 Å². The summed E-state index contributed by atoms with van der Waals surface area (Å²) in [6.07, 6.45) is 5.47. The molecule has 1 aliphatic heterocycles. The molecular weight excluding hydrogens is 482 g/mol. The lowest BCUT2D eigenvalue weighted by molar-refractivity contribution is -0.131. The lowest BCUT2D eigenvalue weighted by Gasteiger charge is -2.37. The quantitative estimate of drug-likeness (QED) is 0.419. The smallest absolute Gasteiger partial charge is 0.290 e. The number of benzene rings is 3. The summed E-state index contributed by atoms with van der Waals surface area (Å²) in [6.45, 7) is 0.0711. The van der Waals surface area contributed by atoms with Crippen molar-refractivity contribution in [3.8, 4) is 17.2 Å². The van der Waals surface area contributed by atoms with Crippen molar-refractivity contribution in [2.75, 3.05) is 21.3 Å². The number of rotatable bonds is 8. The van der Waals surface area contributed by atoms with Gasteiger partial charge in [0.15, 0.2) is 28.6 Å². The minimum absolute atomic E-state index is 0.0711. The molecule has 0 aromatic heterocycles. The number of carbonyl (C=O) groups excluding carboxylic acids is 2. The summed E-state index contributed by atoms with van der Waals surface area (Å²) in [5.41, 5.74) is 2.52. The van der Waals surface area contributed by atoms with E-state index in [2.05, 4.69) is 0 Å². The highest BCUT2D eigenvalue weighted by atomic mass is 16.5. The third-order valence-corrected chi connectivity index (χ3v) is 7.49. The number of amides is 1. The summed E-state index contributed by atoms with van der Waals surface area (Å²) in [4.78, 5) is 29.5. The summed E-state index contributed by atoms with van der Waals surface area (Å²) in [6, 6.07) is 18.2. The second-order valence-corrected chi connectivity index (χ2v) is 9.63. The Balaban J connectivity index is 1.69. The van der Waals surface area contributed by atoms with E-state index in [1.54, 1.807) is 25.3 Å². The van der Waals surface area contributed by atoms with Gasteiger partial charge in [0.2, 0.25) is 0 Å². The molecule has 0 saturated carbocycles. The second-order valence-electron chi connectivity index (χ2n) is 9.63. The highest BCUT2D eigenvalue weighted by molar-refractivity contribution is 6.11. The van der Waals surface area contributed by atoms with E-state index in [0.717, 1.165) is 36.8 Å². The molecular formula is C31H31NO6. The molecule has 1 N–H and O–H groups in total. The van der Waals surface area contributed by atoms with Crippen LogP contribution in [-0.4, -0.2) is 43.0 Å². The van der Waals surface area contributed by atoms with Crippen molar-refractivity contribution in [3.63, 3.8) is 0 Å². The molecule has 0 fully saturated rings. The molecule has 38 heavy (non-hydrogen) atoms. The molecule has 0 saturated heterocycles. The average Bonchev–Trinajstić information content (AvgIpc) is 3.21. The summed E-state index contributed by atoms with van der Waals surface area (Å²) < 4.78 is 16.3. The van der Waals surface area contributed by atoms with Gasteiger partial charge in [-0.3, -0.25) is 9.59 Å². The van der Waals surface area contributed by atoms with Gasteiger partial charge in [-0.05, 0) is 78.3 Å². The zero-order valence-electron chi connectivity index (χ0n) is 21.8. The Morgan fingerprint density at radius 2 is 1.66 bits per heavy atom. The summed E-state index contributed by atoms with van der Waals surface area (Å²) in [5, 5.41) is 10.8. The zero-order valence-corrected chi connectivity index (χ0v) is 21.8. The maximum absolute atomic E-state index is 14.6. The second kappa shape index (κ2) is 10.2. The van der Waals surface area contributed by atoms with Crippen LogP contribution in [0, 0.1) is 0 Å². The van der Waals surface area contributed by atoms with Crippen LogP contribution in [0.25, 0.3) is 0 Å². The topological polar surface area (TPSA) is 85.3 Å². The van der Waals surface area contributed by atoms with Gasteiger partial charge in [0, 0.05) is 18.2 Å². The normalized spacial score (nSPS) is 18.6. The average molecular weight is 514 g/mol. The summed E-state index contributed by atoms with van der Waals surface area (Å²) in [7, 11) is 4.62. The minimum atomic E-state index is -1.60. The predicted molar refractivity (Wildman–Crippen MR) is 143 cm³/mol. The number of nitrogens with zero attached hydrogens (tertiary/aromatic N) is 1. The number of aliphatic hydroxyl groups is 1. The van der Waals surface area contributed by atoms with Gasteiger partial charge in [0.25, 0.3) is 5.91 Å². The molecule has 3 aromatic rings. The Labute approximate surface area is 222 Å². The van der Waals surface area contributed by atoms with Crippen LogP contribution in [0.3, 0.4) is 0 Å². The first kappa shape index (κ1) is 25.4. The maximum Gasteiger partial charge on any atom is 0.290 e. The molecule has 7 nitrogen and oxygen atoms in total. The Hall–Kier alpha value is -4.26. The fourth-order valence-corrected chi connectivity index (χ4v) is 5.51. The van der Waals surface area contributed by atoms with E-state index in [9.17, 15) is 14.7 Å². The minimum Gasteiger partial charge on any atom is -0.503 e. The molecule has 7 heteroatoms. The number of methoxy groups -OCH3 is 3. The van der Waals surface area contributed by atoms with Crippen molar-refractivity contribution < 1.29 is 28.9 Å². The number of fused-ring (bicyclic) bond motifs is 1. The van der Waals surface area contributed by atoms with Crippen molar-refractivity contribution >= 4 is 11.7 Å². The van der Waals surface area contributed by atoms with Gasteiger partial charge >= 0.3 is 0 Å². The number of aryl methyl sites for hydroxylation is 2. The van der Waals surface area contributed by atoms with Crippen molar-refractivity contribution in [1.29, 1.82) is 0 Å². The van der Waals surface area contributed by atoms with Gasteiger partial charge in [-0.2, -0.15) is 0 Å². The Bertz CT molecular complexity index is 1430. The van der Waals surface area contributed by atoms with E-state index in [-0.39, 0.29) is 12.3 Å². The van der Waals surface area contributed by atoms with E-state index in [0.29, 0.717) is 28.4 Å². The number of hydrogen-bond acceptors (Lipinski definition) is 6. The molecule has 3 aromatic carbocycles. The Morgan fingerprint density at radius 1 is 0.895 bits per heavy atom. The van der Waals surface area contributed by atoms with Gasteiger partial charge in [0.05, 0.1) is 21.3 Å². The number of Topliss-reactive ketones (excluding diaryl/α,β-unsaturated/α-hetero) is 1. The predicted octanol–water partition coefficient (Wildman–Crippen LogP) is 5.15. The first-order chi connectivity index (χ1) is 18.4. The van der Waals surface area contributed by atoms with Crippen LogP contribution in [0.4, 0.5) is 0 Å². The number of hydrogen-bond donors (Lipinski definition) is 1. The van der Waals surface area contributed by atoms with Crippen LogP contribution in [0.1, 0.15) is 45.5 Å². The van der Waals surface area contributed by atoms with Crippen LogP contribution < -0.4 is 14.2 Å². The van der Waals surface area contributed by atoms with Crippen molar-refractivity contribution in [1.82, 2.24) is 4.90 Å². The van der Waals surface area contributed by atoms with E-state index in [1.165, 1.54) is 30.8 Å². The first-order valence-electron chi connectivity index (χ1n) is 12.7. The van der Waals surface area contributed by atoms with Crippen molar-refractivity contribution in [2.24, 2.45) is 0 Å². The summed E-state index contributed by atoms with van der Waals surface area (Å²) >= 11 is 0. The van der Waals surface area contributed by atoms with E-state index in [1.807, 2.05) is 42.5 Å². The lowest BCUT2D eigenvalue weighted by Crippen LogP contribution is -2.49. The number of ketones is 1. The first-order valence-corrected chi connectivity index (χ1v) is 12.7. The molecule has 0 radical (unpaired) electrons. The number of carbonyl (C=O) groups is 2. The molecule has 1 heterocycles. The van der Waals surface area contributed by atoms with Crippen LogP contribution in [0.5, 0.6) is 17.2 Å². The van der Waals surface area contributed by atoms with E-state index in [4.69, 9.17) is 14.2 Å². The molecule has 0 bridgehead atoms. The van der Waals surface area contributed by atoms with E-state index >= 15 is 0 Å². The number of ether oxygens (including phenoxy) is 3. The van der Waals surface area contributed by atoms with Crippen molar-refractivity contribution in [3.05, 3.63) is 100 Å². The van der Waals surface area contributed by atoms with Crippen LogP contribution in [-0.2, 0) is 29.7 Å². The molecule has 1 unspecified atom stereocenters. The molecule has 1 atom stereocenters. The fraction of sp³-hybridized carbons (Fsp3) is 0.290. The Kier molecular flexibility index (Phi) is 6.85. The maximum atomic E-state index is 14.6. The van der Waals surface area contributed by atoms with Crippen molar-refractivity contribution in [2.45, 2.75) is 37.8 Å². The van der Waals surface area contributed by atoms with Gasteiger partial charge in [-0.15, -0.1) is 0 Å². The standard InChI is InChI=1S/C31H31NO6/c1-36-25-10-6-7-20(15-25)19-32-30(35)26(33)18-31(32,24-13-14-27(37-2)28(17-24)38-3)29(34)23-12-11-21-8-4-5-9-22(21)16-23/h6-7,10-18,33H,4-5,8-9,19H2,1-3H3. The number of aliphatic hydroxyl groups excluding tert-OH is 1. The highest BCUT2D eigenvalue weighted by Gasteiger charge is 2.53.